The van der Waals surface area contributed by atoms with Crippen molar-refractivity contribution in [2.75, 3.05) is 19.0 Å². The van der Waals surface area contributed by atoms with Crippen molar-refractivity contribution in [3.8, 4) is 0 Å². The first-order valence-electron chi connectivity index (χ1n) is 4.90. The Balaban J connectivity index is 2.56. The summed E-state index contributed by atoms with van der Waals surface area (Å²) in [7, 11) is 0. The molecule has 3 heteroatoms. The van der Waals surface area contributed by atoms with E-state index in [4.69, 9.17) is 16.0 Å². The van der Waals surface area contributed by atoms with E-state index in [1.54, 1.807) is 0 Å². The average Bonchev–Trinajstić information content (AvgIpc) is 2.53. The first-order chi connectivity index (χ1) is 6.56. The quantitative estimate of drug-likeness (QED) is 0.604. The Morgan fingerprint density at radius 1 is 1.43 bits per heavy atom. The highest BCUT2D eigenvalue weighted by Crippen LogP contribution is 2.24. The van der Waals surface area contributed by atoms with Crippen LogP contribution in [0.1, 0.15) is 25.4 Å². The molecule has 0 aliphatic rings. The second-order valence-electron chi connectivity index (χ2n) is 4.16. The molecule has 0 aromatic carbocycles. The van der Waals surface area contributed by atoms with Crippen molar-refractivity contribution in [2.24, 2.45) is 0 Å². The molecule has 1 rings (SSSR count). The van der Waals surface area contributed by atoms with Gasteiger partial charge in [0.15, 0.2) is 0 Å². The van der Waals surface area contributed by atoms with Gasteiger partial charge in [0.25, 0.3) is 0 Å². The van der Waals surface area contributed by atoms with Crippen molar-refractivity contribution in [2.45, 2.75) is 26.2 Å². The van der Waals surface area contributed by atoms with E-state index < -0.39 is 0 Å². The number of alkyl halides is 1. The van der Waals surface area contributed by atoms with Crippen LogP contribution in [0, 0.1) is 6.92 Å². The Morgan fingerprint density at radius 2 is 2.14 bits per heavy atom. The topological polar surface area (TPSA) is 25.2 Å². The van der Waals surface area contributed by atoms with Gasteiger partial charge in [-0.1, -0.05) is 13.8 Å². The lowest BCUT2D eigenvalue weighted by Gasteiger charge is -2.22. The molecule has 0 fully saturated rings. The first-order valence-corrected chi connectivity index (χ1v) is 5.43. The van der Waals surface area contributed by atoms with E-state index in [1.807, 2.05) is 19.1 Å². The van der Waals surface area contributed by atoms with Crippen LogP contribution in [0.25, 0.3) is 0 Å². The van der Waals surface area contributed by atoms with Crippen LogP contribution in [0.5, 0.6) is 0 Å². The number of halogens is 1. The molecule has 0 radical (unpaired) electrons. The lowest BCUT2D eigenvalue weighted by molar-refractivity contribution is 0.360. The van der Waals surface area contributed by atoms with Gasteiger partial charge in [-0.2, -0.15) is 0 Å². The summed E-state index contributed by atoms with van der Waals surface area (Å²) in [6.07, 6.45) is 0. The van der Waals surface area contributed by atoms with Crippen LogP contribution in [-0.4, -0.2) is 19.0 Å². The summed E-state index contributed by atoms with van der Waals surface area (Å²) >= 11 is 5.59. The molecule has 2 nitrogen and oxygen atoms in total. The molecular formula is C11H18ClNO. The molecule has 1 N–H and O–H groups in total. The number of furan rings is 1. The molecule has 80 valence electrons. The van der Waals surface area contributed by atoms with E-state index in [0.29, 0.717) is 5.88 Å². The summed E-state index contributed by atoms with van der Waals surface area (Å²) in [5.41, 5.74) is 0.0281. The predicted molar refractivity (Wildman–Crippen MR) is 60.1 cm³/mol. The van der Waals surface area contributed by atoms with Crippen LogP contribution in [0.3, 0.4) is 0 Å². The smallest absolute Gasteiger partial charge is 0.111 e. The fraction of sp³-hybridized carbons (Fsp3) is 0.636. The van der Waals surface area contributed by atoms with E-state index in [2.05, 4.69) is 19.2 Å². The monoisotopic (exact) mass is 215 g/mol. The normalized spacial score (nSPS) is 12.0. The molecule has 1 heterocycles. The number of hydrogen-bond acceptors (Lipinski definition) is 2. The first kappa shape index (κ1) is 11.6. The van der Waals surface area contributed by atoms with Crippen molar-refractivity contribution in [3.63, 3.8) is 0 Å². The zero-order valence-corrected chi connectivity index (χ0v) is 9.82. The third kappa shape index (κ3) is 3.03. The van der Waals surface area contributed by atoms with Crippen molar-refractivity contribution >= 4 is 11.6 Å². The number of nitrogens with one attached hydrogen (secondary N) is 1. The molecule has 1 aromatic rings. The van der Waals surface area contributed by atoms with Gasteiger partial charge < -0.3 is 9.73 Å². The molecule has 0 spiro atoms. The van der Waals surface area contributed by atoms with Gasteiger partial charge in [0, 0.05) is 24.4 Å². The standard InChI is InChI=1S/C11H18ClNO/c1-9-4-5-10(14-9)11(2,3)8-13-7-6-12/h4-5,13H,6-8H2,1-3H3. The molecule has 14 heavy (non-hydrogen) atoms. The minimum absolute atomic E-state index is 0.0281. The second-order valence-corrected chi connectivity index (χ2v) is 4.54. The molecule has 1 aromatic heterocycles. The lowest BCUT2D eigenvalue weighted by Crippen LogP contribution is -2.33. The molecular weight excluding hydrogens is 198 g/mol. The fourth-order valence-electron chi connectivity index (χ4n) is 1.35. The Hall–Kier alpha value is -0.470. The van der Waals surface area contributed by atoms with Gasteiger partial charge in [-0.15, -0.1) is 11.6 Å². The maximum absolute atomic E-state index is 5.61. The summed E-state index contributed by atoms with van der Waals surface area (Å²) in [6.45, 7) is 8.00. The van der Waals surface area contributed by atoms with Crippen LogP contribution in [0.2, 0.25) is 0 Å². The molecule has 0 amide bonds. The average molecular weight is 216 g/mol. The third-order valence-corrected chi connectivity index (χ3v) is 2.43. The highest BCUT2D eigenvalue weighted by atomic mass is 35.5. The van der Waals surface area contributed by atoms with E-state index in [9.17, 15) is 0 Å². The molecule has 0 unspecified atom stereocenters. The molecule has 0 saturated heterocycles. The zero-order chi connectivity index (χ0) is 10.6. The van der Waals surface area contributed by atoms with E-state index in [-0.39, 0.29) is 5.41 Å². The SMILES string of the molecule is Cc1ccc(C(C)(C)CNCCCl)o1. The summed E-state index contributed by atoms with van der Waals surface area (Å²) in [6, 6.07) is 4.04. The highest BCUT2D eigenvalue weighted by molar-refractivity contribution is 6.18. The fourth-order valence-corrected chi connectivity index (χ4v) is 1.49. The predicted octanol–water partition coefficient (Wildman–Crippen LogP) is 2.69. The Kier molecular flexibility index (Phi) is 4.02. The summed E-state index contributed by atoms with van der Waals surface area (Å²) in [5.74, 6) is 2.63. The van der Waals surface area contributed by atoms with E-state index in [1.165, 1.54) is 0 Å². The number of aryl methyl sites for hydroxylation is 1. The number of hydrogen-bond donors (Lipinski definition) is 1. The molecule has 0 aliphatic carbocycles. The number of rotatable bonds is 5. The zero-order valence-electron chi connectivity index (χ0n) is 9.06. The van der Waals surface area contributed by atoms with E-state index in [0.717, 1.165) is 24.6 Å². The van der Waals surface area contributed by atoms with Gasteiger partial charge in [-0.05, 0) is 19.1 Å². The lowest BCUT2D eigenvalue weighted by atomic mass is 9.90. The minimum atomic E-state index is 0.0281. The summed E-state index contributed by atoms with van der Waals surface area (Å²) in [5, 5.41) is 3.29. The Bertz CT molecular complexity index is 281. The Morgan fingerprint density at radius 3 is 2.64 bits per heavy atom. The van der Waals surface area contributed by atoms with Gasteiger partial charge >= 0.3 is 0 Å². The van der Waals surface area contributed by atoms with Crippen LogP contribution in [0.4, 0.5) is 0 Å². The third-order valence-electron chi connectivity index (χ3n) is 2.25. The van der Waals surface area contributed by atoms with Crippen LogP contribution in [-0.2, 0) is 5.41 Å². The van der Waals surface area contributed by atoms with Crippen molar-refractivity contribution < 1.29 is 4.42 Å². The van der Waals surface area contributed by atoms with Crippen LogP contribution < -0.4 is 5.32 Å². The largest absolute Gasteiger partial charge is 0.466 e. The summed E-state index contributed by atoms with van der Waals surface area (Å²) < 4.78 is 5.61. The van der Waals surface area contributed by atoms with Gasteiger partial charge in [0.05, 0.1) is 0 Å². The molecule has 0 aliphatic heterocycles. The highest BCUT2D eigenvalue weighted by Gasteiger charge is 2.23. The van der Waals surface area contributed by atoms with Gasteiger partial charge in [0.2, 0.25) is 0 Å². The van der Waals surface area contributed by atoms with Crippen LogP contribution >= 0.6 is 11.6 Å². The van der Waals surface area contributed by atoms with Crippen LogP contribution in [0.15, 0.2) is 16.5 Å². The van der Waals surface area contributed by atoms with Gasteiger partial charge in [-0.25, -0.2) is 0 Å². The van der Waals surface area contributed by atoms with Crippen molar-refractivity contribution in [1.82, 2.24) is 5.32 Å². The van der Waals surface area contributed by atoms with Crippen molar-refractivity contribution in [1.29, 1.82) is 0 Å². The second kappa shape index (κ2) is 4.85. The molecule has 0 bridgehead atoms. The van der Waals surface area contributed by atoms with Gasteiger partial charge in [0.1, 0.15) is 11.5 Å². The van der Waals surface area contributed by atoms with Gasteiger partial charge in [-0.3, -0.25) is 0 Å². The molecule has 0 atom stereocenters. The summed E-state index contributed by atoms with van der Waals surface area (Å²) in [4.78, 5) is 0. The van der Waals surface area contributed by atoms with Crippen molar-refractivity contribution in [3.05, 3.63) is 23.7 Å². The molecule has 0 saturated carbocycles. The Labute approximate surface area is 90.6 Å². The maximum Gasteiger partial charge on any atom is 0.111 e. The maximum atomic E-state index is 5.61. The van der Waals surface area contributed by atoms with E-state index >= 15 is 0 Å². The minimum Gasteiger partial charge on any atom is -0.466 e.